The van der Waals surface area contributed by atoms with Crippen LogP contribution in [0.5, 0.6) is 17.2 Å². The Morgan fingerprint density at radius 2 is 1.90 bits per heavy atom. The molecule has 0 bridgehead atoms. The summed E-state index contributed by atoms with van der Waals surface area (Å²) in [4.78, 5) is 14.3. The fraction of sp³-hybridized carbons (Fsp3) is 0.182. The molecule has 3 heterocycles. The molecule has 8 nitrogen and oxygen atoms in total. The lowest BCUT2D eigenvalue weighted by molar-refractivity contribution is -0.177. The average Bonchev–Trinajstić information content (AvgIpc) is 3.48. The van der Waals surface area contributed by atoms with Gasteiger partial charge >= 0.3 is 0 Å². The Hall–Kier alpha value is -3.49. The van der Waals surface area contributed by atoms with Crippen molar-refractivity contribution in [2.45, 2.75) is 13.3 Å². The molecule has 2 aliphatic rings. The van der Waals surface area contributed by atoms with Crippen LogP contribution in [0, 0.1) is 0 Å². The number of aliphatic imine (C=N–C) groups is 1. The van der Waals surface area contributed by atoms with Crippen LogP contribution in [0.3, 0.4) is 0 Å². The standard InChI is InChI=1S/C22H19ClN4O4/c1-14-20(15-3-8-18-19(11-15)30-13-29-18)25-22(27(28-2)21(14)23)31-17-6-4-16(5-7-17)26-10-9-24-12-26/h3-12,22H,13H2,1-2H3. The first-order valence-corrected chi connectivity index (χ1v) is 9.95. The highest BCUT2D eigenvalue weighted by molar-refractivity contribution is 6.33. The number of fused-ring (bicyclic) bond motifs is 1. The molecule has 2 aromatic carbocycles. The maximum Gasteiger partial charge on any atom is 0.294 e. The summed E-state index contributed by atoms with van der Waals surface area (Å²) < 4.78 is 18.9. The third-order valence-electron chi connectivity index (χ3n) is 5.02. The van der Waals surface area contributed by atoms with Crippen molar-refractivity contribution >= 4 is 17.3 Å². The van der Waals surface area contributed by atoms with Crippen LogP contribution in [-0.4, -0.2) is 40.6 Å². The van der Waals surface area contributed by atoms with Crippen molar-refractivity contribution < 1.29 is 19.0 Å². The van der Waals surface area contributed by atoms with Gasteiger partial charge in [0.05, 0.1) is 19.1 Å². The third kappa shape index (κ3) is 3.60. The van der Waals surface area contributed by atoms with E-state index in [4.69, 9.17) is 35.6 Å². The van der Waals surface area contributed by atoms with Crippen LogP contribution >= 0.6 is 11.6 Å². The minimum absolute atomic E-state index is 0.207. The summed E-state index contributed by atoms with van der Waals surface area (Å²) in [6.07, 6.45) is 4.53. The summed E-state index contributed by atoms with van der Waals surface area (Å²) in [6, 6.07) is 13.2. The SMILES string of the molecule is CON1C(Cl)=C(C)C(c2ccc3c(c2)OCO3)=NC1Oc1ccc(-n2ccnc2)cc1. The first-order valence-electron chi connectivity index (χ1n) is 9.57. The number of imidazole rings is 1. The summed E-state index contributed by atoms with van der Waals surface area (Å²) in [6.45, 7) is 2.09. The van der Waals surface area contributed by atoms with Gasteiger partial charge in [-0.15, -0.1) is 0 Å². The number of hydroxylamine groups is 2. The Labute approximate surface area is 183 Å². The molecule has 0 saturated carbocycles. The summed E-state index contributed by atoms with van der Waals surface area (Å²) in [5.41, 5.74) is 3.27. The molecule has 0 radical (unpaired) electrons. The molecule has 2 aliphatic heterocycles. The fourth-order valence-electron chi connectivity index (χ4n) is 3.43. The second-order valence-electron chi connectivity index (χ2n) is 6.88. The topological polar surface area (TPSA) is 70.3 Å². The lowest BCUT2D eigenvalue weighted by atomic mass is 10.0. The van der Waals surface area contributed by atoms with E-state index in [1.165, 1.54) is 12.2 Å². The molecule has 1 aromatic heterocycles. The normalized spacial score (nSPS) is 17.7. The summed E-state index contributed by atoms with van der Waals surface area (Å²) >= 11 is 6.60. The molecular weight excluding hydrogens is 420 g/mol. The van der Waals surface area contributed by atoms with Crippen molar-refractivity contribution in [2.24, 2.45) is 4.99 Å². The van der Waals surface area contributed by atoms with E-state index >= 15 is 0 Å². The van der Waals surface area contributed by atoms with Gasteiger partial charge in [-0.05, 0) is 49.4 Å². The maximum atomic E-state index is 6.60. The number of nitrogens with zero attached hydrogens (tertiary/aromatic N) is 4. The van der Waals surface area contributed by atoms with Gasteiger partial charge in [0.1, 0.15) is 10.9 Å². The van der Waals surface area contributed by atoms with Crippen LogP contribution in [0.15, 0.2) is 76.9 Å². The number of halogens is 1. The van der Waals surface area contributed by atoms with E-state index in [1.54, 1.807) is 12.5 Å². The van der Waals surface area contributed by atoms with Crippen molar-refractivity contribution in [3.8, 4) is 22.9 Å². The van der Waals surface area contributed by atoms with Crippen LogP contribution in [-0.2, 0) is 4.84 Å². The number of allylic oxidation sites excluding steroid dienone is 1. The molecule has 0 fully saturated rings. The number of ether oxygens (including phenoxy) is 3. The number of aromatic nitrogens is 2. The van der Waals surface area contributed by atoms with Gasteiger partial charge in [-0.3, -0.25) is 4.84 Å². The predicted octanol–water partition coefficient (Wildman–Crippen LogP) is 4.10. The molecule has 5 rings (SSSR count). The van der Waals surface area contributed by atoms with Gasteiger partial charge in [0.25, 0.3) is 6.35 Å². The molecule has 9 heteroatoms. The Balaban J connectivity index is 1.45. The quantitative estimate of drug-likeness (QED) is 0.558. The van der Waals surface area contributed by atoms with Gasteiger partial charge in [-0.1, -0.05) is 11.6 Å². The third-order valence-corrected chi connectivity index (χ3v) is 5.47. The minimum Gasteiger partial charge on any atom is -0.454 e. The van der Waals surface area contributed by atoms with Crippen LogP contribution < -0.4 is 14.2 Å². The lowest BCUT2D eigenvalue weighted by Crippen LogP contribution is -2.40. The zero-order chi connectivity index (χ0) is 21.4. The number of hydrogen-bond donors (Lipinski definition) is 0. The smallest absolute Gasteiger partial charge is 0.294 e. The Morgan fingerprint density at radius 1 is 1.10 bits per heavy atom. The van der Waals surface area contributed by atoms with Gasteiger partial charge in [-0.25, -0.2) is 9.98 Å². The van der Waals surface area contributed by atoms with Gasteiger partial charge in [0.2, 0.25) is 6.79 Å². The monoisotopic (exact) mass is 438 g/mol. The predicted molar refractivity (Wildman–Crippen MR) is 114 cm³/mol. The Kier molecular flexibility index (Phi) is 5.01. The number of benzene rings is 2. The molecule has 31 heavy (non-hydrogen) atoms. The number of hydrogen-bond acceptors (Lipinski definition) is 7. The van der Waals surface area contributed by atoms with E-state index in [0.717, 1.165) is 16.8 Å². The molecule has 3 aromatic rings. The summed E-state index contributed by atoms with van der Waals surface area (Å²) in [7, 11) is 1.52. The highest BCUT2D eigenvalue weighted by Crippen LogP contribution is 2.35. The Bertz CT molecular complexity index is 1160. The molecule has 0 aliphatic carbocycles. The average molecular weight is 439 g/mol. The van der Waals surface area contributed by atoms with Gasteiger partial charge < -0.3 is 18.8 Å². The van der Waals surface area contributed by atoms with Gasteiger partial charge in [-0.2, -0.15) is 5.06 Å². The molecular formula is C22H19ClN4O4. The minimum atomic E-state index is -0.805. The molecule has 0 spiro atoms. The molecule has 0 N–H and O–H groups in total. The van der Waals surface area contributed by atoms with E-state index < -0.39 is 6.35 Å². The van der Waals surface area contributed by atoms with Crippen molar-refractivity contribution in [1.29, 1.82) is 0 Å². The summed E-state index contributed by atoms with van der Waals surface area (Å²) in [5.74, 6) is 2.00. The van der Waals surface area contributed by atoms with Gasteiger partial charge in [0.15, 0.2) is 11.5 Å². The first-order chi connectivity index (χ1) is 15.1. The van der Waals surface area contributed by atoms with E-state index in [9.17, 15) is 0 Å². The molecule has 158 valence electrons. The van der Waals surface area contributed by atoms with E-state index in [2.05, 4.69) is 4.98 Å². The van der Waals surface area contributed by atoms with Crippen LogP contribution in [0.25, 0.3) is 5.69 Å². The van der Waals surface area contributed by atoms with E-state index in [1.807, 2.05) is 60.2 Å². The molecule has 0 saturated heterocycles. The van der Waals surface area contributed by atoms with Gasteiger partial charge in [0, 0.05) is 29.2 Å². The van der Waals surface area contributed by atoms with Crippen molar-refractivity contribution in [3.05, 3.63) is 77.5 Å². The molecule has 1 atom stereocenters. The van der Waals surface area contributed by atoms with Crippen LogP contribution in [0.2, 0.25) is 0 Å². The second kappa shape index (κ2) is 7.98. The maximum absolute atomic E-state index is 6.60. The molecule has 1 unspecified atom stereocenters. The first kappa shape index (κ1) is 19.5. The highest BCUT2D eigenvalue weighted by Gasteiger charge is 2.31. The van der Waals surface area contributed by atoms with E-state index in [-0.39, 0.29) is 6.79 Å². The fourth-order valence-corrected chi connectivity index (χ4v) is 3.67. The molecule has 0 amide bonds. The van der Waals surface area contributed by atoms with E-state index in [0.29, 0.717) is 28.1 Å². The van der Waals surface area contributed by atoms with Crippen LogP contribution in [0.4, 0.5) is 0 Å². The Morgan fingerprint density at radius 3 is 2.65 bits per heavy atom. The van der Waals surface area contributed by atoms with Crippen molar-refractivity contribution in [1.82, 2.24) is 14.6 Å². The zero-order valence-electron chi connectivity index (χ0n) is 16.9. The largest absolute Gasteiger partial charge is 0.454 e. The zero-order valence-corrected chi connectivity index (χ0v) is 17.6. The summed E-state index contributed by atoms with van der Waals surface area (Å²) in [5, 5.41) is 1.82. The van der Waals surface area contributed by atoms with Crippen molar-refractivity contribution in [2.75, 3.05) is 13.9 Å². The van der Waals surface area contributed by atoms with Crippen molar-refractivity contribution in [3.63, 3.8) is 0 Å². The highest BCUT2D eigenvalue weighted by atomic mass is 35.5. The van der Waals surface area contributed by atoms with Crippen LogP contribution in [0.1, 0.15) is 12.5 Å². The lowest BCUT2D eigenvalue weighted by Gasteiger charge is -2.33. The second-order valence-corrected chi connectivity index (χ2v) is 7.24. The number of rotatable bonds is 5.